The molecular weight excluding hydrogens is 291 g/mol. The molecule has 0 amide bonds. The Hall–Kier alpha value is -0.780. The van der Waals surface area contributed by atoms with Gasteiger partial charge < -0.3 is 4.74 Å². The van der Waals surface area contributed by atoms with E-state index in [9.17, 15) is 13.2 Å². The second-order valence-electron chi connectivity index (χ2n) is 5.91. The van der Waals surface area contributed by atoms with E-state index in [0.717, 1.165) is 18.7 Å². The van der Waals surface area contributed by atoms with Gasteiger partial charge in [-0.1, -0.05) is 26.0 Å². The van der Waals surface area contributed by atoms with Gasteiger partial charge in [0.05, 0.1) is 12.2 Å². The first-order valence-corrected chi connectivity index (χ1v) is 6.19. The SMILES string of the molecule is CC1(C)CNC(C)(c2ccc(C(F)(F)F)cc2)OC1.Cl. The van der Waals surface area contributed by atoms with Crippen molar-refractivity contribution in [2.24, 2.45) is 5.41 Å². The van der Waals surface area contributed by atoms with Gasteiger partial charge in [-0.05, 0) is 24.6 Å². The predicted octanol–water partition coefficient (Wildman–Crippen LogP) is 3.95. The number of hydrogen-bond donors (Lipinski definition) is 1. The summed E-state index contributed by atoms with van der Waals surface area (Å²) in [5, 5.41) is 3.26. The zero-order valence-corrected chi connectivity index (χ0v) is 12.5. The van der Waals surface area contributed by atoms with Gasteiger partial charge in [0.15, 0.2) is 0 Å². The highest BCUT2D eigenvalue weighted by Gasteiger charge is 2.37. The van der Waals surface area contributed by atoms with Crippen molar-refractivity contribution in [3.8, 4) is 0 Å². The lowest BCUT2D eigenvalue weighted by Crippen LogP contribution is -2.53. The maximum Gasteiger partial charge on any atom is 0.416 e. The number of benzene rings is 1. The van der Waals surface area contributed by atoms with Crippen LogP contribution >= 0.6 is 12.4 Å². The lowest BCUT2D eigenvalue weighted by atomic mass is 9.90. The fraction of sp³-hybridized carbons (Fsp3) is 0.571. The Labute approximate surface area is 123 Å². The normalized spacial score (nSPS) is 25.9. The Bertz CT molecular complexity index is 446. The average Bonchev–Trinajstić information content (AvgIpc) is 2.33. The van der Waals surface area contributed by atoms with Crippen LogP contribution in [0.4, 0.5) is 13.2 Å². The minimum atomic E-state index is -4.30. The van der Waals surface area contributed by atoms with Gasteiger partial charge in [0.25, 0.3) is 0 Å². The van der Waals surface area contributed by atoms with Gasteiger partial charge in [0, 0.05) is 12.0 Å². The Kier molecular flexibility index (Phi) is 4.79. The Morgan fingerprint density at radius 2 is 1.65 bits per heavy atom. The van der Waals surface area contributed by atoms with Crippen LogP contribution in [-0.2, 0) is 16.6 Å². The zero-order chi connectivity index (χ0) is 14.3. The summed E-state index contributed by atoms with van der Waals surface area (Å²) in [6.07, 6.45) is -4.30. The van der Waals surface area contributed by atoms with Crippen LogP contribution in [0.1, 0.15) is 31.9 Å². The monoisotopic (exact) mass is 309 g/mol. The third-order valence-corrected chi connectivity index (χ3v) is 3.42. The Morgan fingerprint density at radius 3 is 2.05 bits per heavy atom. The molecule has 1 atom stereocenters. The van der Waals surface area contributed by atoms with Crippen molar-refractivity contribution in [2.45, 2.75) is 32.7 Å². The molecular formula is C14H19ClF3NO. The summed E-state index contributed by atoms with van der Waals surface area (Å²) in [5.74, 6) is 0. The fourth-order valence-electron chi connectivity index (χ4n) is 2.01. The second kappa shape index (κ2) is 5.54. The summed E-state index contributed by atoms with van der Waals surface area (Å²) in [5.41, 5.74) is -0.627. The summed E-state index contributed by atoms with van der Waals surface area (Å²) in [7, 11) is 0. The van der Waals surface area contributed by atoms with E-state index in [2.05, 4.69) is 19.2 Å². The number of hydrogen-bond acceptors (Lipinski definition) is 2. The van der Waals surface area contributed by atoms with E-state index in [-0.39, 0.29) is 17.8 Å². The molecule has 1 aliphatic heterocycles. The second-order valence-corrected chi connectivity index (χ2v) is 5.91. The Balaban J connectivity index is 0.00000200. The topological polar surface area (TPSA) is 21.3 Å². The molecule has 2 nitrogen and oxygen atoms in total. The first-order valence-electron chi connectivity index (χ1n) is 6.19. The van der Waals surface area contributed by atoms with Crippen LogP contribution < -0.4 is 5.32 Å². The van der Waals surface area contributed by atoms with Crippen molar-refractivity contribution in [2.75, 3.05) is 13.2 Å². The van der Waals surface area contributed by atoms with Gasteiger partial charge in [0.1, 0.15) is 5.72 Å². The molecule has 20 heavy (non-hydrogen) atoms. The van der Waals surface area contributed by atoms with E-state index < -0.39 is 17.5 Å². The van der Waals surface area contributed by atoms with E-state index >= 15 is 0 Å². The molecule has 6 heteroatoms. The summed E-state index contributed by atoms with van der Waals surface area (Å²) >= 11 is 0. The third-order valence-electron chi connectivity index (χ3n) is 3.42. The molecule has 0 aliphatic carbocycles. The van der Waals surface area contributed by atoms with Gasteiger partial charge >= 0.3 is 6.18 Å². The number of ether oxygens (including phenoxy) is 1. The first kappa shape index (κ1) is 17.3. The molecule has 1 aromatic rings. The van der Waals surface area contributed by atoms with E-state index in [1.807, 2.05) is 6.92 Å². The molecule has 0 spiro atoms. The maximum atomic E-state index is 12.5. The molecule has 1 N–H and O–H groups in total. The van der Waals surface area contributed by atoms with Gasteiger partial charge in [-0.15, -0.1) is 12.4 Å². The predicted molar refractivity (Wildman–Crippen MR) is 73.8 cm³/mol. The van der Waals surface area contributed by atoms with Crippen LogP contribution in [0.25, 0.3) is 0 Å². The third kappa shape index (κ3) is 3.65. The van der Waals surface area contributed by atoms with Crippen LogP contribution in [0.2, 0.25) is 0 Å². The largest absolute Gasteiger partial charge is 0.416 e. The summed E-state index contributed by atoms with van der Waals surface area (Å²) in [4.78, 5) is 0. The molecule has 0 radical (unpaired) electrons. The van der Waals surface area contributed by atoms with Crippen LogP contribution in [0.3, 0.4) is 0 Å². The van der Waals surface area contributed by atoms with Gasteiger partial charge in [-0.2, -0.15) is 13.2 Å². The van der Waals surface area contributed by atoms with Crippen LogP contribution in [0.15, 0.2) is 24.3 Å². The van der Waals surface area contributed by atoms with Crippen molar-refractivity contribution in [3.05, 3.63) is 35.4 Å². The van der Waals surface area contributed by atoms with Crippen LogP contribution in [-0.4, -0.2) is 13.2 Å². The van der Waals surface area contributed by atoms with E-state index in [0.29, 0.717) is 12.2 Å². The molecule has 0 saturated carbocycles. The molecule has 1 heterocycles. The summed E-state index contributed by atoms with van der Waals surface area (Å²) < 4.78 is 43.3. The molecule has 1 saturated heterocycles. The van der Waals surface area contributed by atoms with Crippen molar-refractivity contribution >= 4 is 12.4 Å². The van der Waals surface area contributed by atoms with Crippen molar-refractivity contribution in [1.29, 1.82) is 0 Å². The van der Waals surface area contributed by atoms with Crippen molar-refractivity contribution in [1.82, 2.24) is 5.32 Å². The highest BCUT2D eigenvalue weighted by molar-refractivity contribution is 5.85. The van der Waals surface area contributed by atoms with E-state index in [1.165, 1.54) is 12.1 Å². The molecule has 0 bridgehead atoms. The molecule has 2 rings (SSSR count). The first-order chi connectivity index (χ1) is 8.62. The molecule has 114 valence electrons. The van der Waals surface area contributed by atoms with E-state index in [4.69, 9.17) is 4.74 Å². The standard InChI is InChI=1S/C14H18F3NO.ClH/c1-12(2)8-18-13(3,19-9-12)10-4-6-11(7-5-10)14(15,16)17;/h4-7,18H,8-9H2,1-3H3;1H. The quantitative estimate of drug-likeness (QED) is 0.848. The lowest BCUT2D eigenvalue weighted by molar-refractivity contribution is -0.138. The molecule has 1 fully saturated rings. The molecule has 0 aromatic heterocycles. The number of rotatable bonds is 1. The van der Waals surface area contributed by atoms with Crippen LogP contribution in [0, 0.1) is 5.41 Å². The minimum Gasteiger partial charge on any atom is -0.356 e. The van der Waals surface area contributed by atoms with E-state index in [1.54, 1.807) is 0 Å². The highest BCUT2D eigenvalue weighted by atomic mass is 35.5. The minimum absolute atomic E-state index is 0. The fourth-order valence-corrected chi connectivity index (χ4v) is 2.01. The van der Waals surface area contributed by atoms with Crippen molar-refractivity contribution in [3.63, 3.8) is 0 Å². The van der Waals surface area contributed by atoms with Gasteiger partial charge in [0.2, 0.25) is 0 Å². The smallest absolute Gasteiger partial charge is 0.356 e. The van der Waals surface area contributed by atoms with Gasteiger partial charge in [-0.3, -0.25) is 5.32 Å². The zero-order valence-electron chi connectivity index (χ0n) is 11.7. The van der Waals surface area contributed by atoms with Crippen molar-refractivity contribution < 1.29 is 17.9 Å². The number of nitrogens with one attached hydrogen (secondary N) is 1. The summed E-state index contributed by atoms with van der Waals surface area (Å²) in [6.45, 7) is 7.31. The average molecular weight is 310 g/mol. The summed E-state index contributed by atoms with van der Waals surface area (Å²) in [6, 6.07) is 5.11. The Morgan fingerprint density at radius 1 is 1.10 bits per heavy atom. The maximum absolute atomic E-state index is 12.5. The highest BCUT2D eigenvalue weighted by Crippen LogP contribution is 2.34. The molecule has 1 aromatic carbocycles. The molecule has 1 aliphatic rings. The van der Waals surface area contributed by atoms with Crippen LogP contribution in [0.5, 0.6) is 0 Å². The number of halogens is 4. The lowest BCUT2D eigenvalue weighted by Gasteiger charge is -2.42. The van der Waals surface area contributed by atoms with Gasteiger partial charge in [-0.25, -0.2) is 0 Å². The number of alkyl halides is 3. The molecule has 1 unspecified atom stereocenters.